The van der Waals surface area contributed by atoms with Gasteiger partial charge in [0.25, 0.3) is 0 Å². The maximum atomic E-state index is 5.66. The predicted molar refractivity (Wildman–Crippen MR) is 127 cm³/mol. The van der Waals surface area contributed by atoms with Gasteiger partial charge in [-0.2, -0.15) is 30.7 Å². The van der Waals surface area contributed by atoms with Gasteiger partial charge < -0.3 is 11.5 Å². The lowest BCUT2D eigenvalue weighted by Gasteiger charge is -1.97. The third kappa shape index (κ3) is 5.90. The van der Waals surface area contributed by atoms with Gasteiger partial charge in [0, 0.05) is 11.4 Å². The molecule has 0 radical (unpaired) electrons. The van der Waals surface area contributed by atoms with Crippen LogP contribution in [0.4, 0.5) is 45.5 Å². The Kier molecular flexibility index (Phi) is 6.33. The van der Waals surface area contributed by atoms with Gasteiger partial charge in [-0.3, -0.25) is 0 Å². The van der Waals surface area contributed by atoms with Crippen molar-refractivity contribution in [1.29, 1.82) is 0 Å². The quantitative estimate of drug-likeness (QED) is 0.241. The monoisotopic (exact) mass is 420 g/mol. The van der Waals surface area contributed by atoms with E-state index in [2.05, 4.69) is 30.7 Å². The number of nitrogens with zero attached hydrogens (tertiary/aromatic N) is 6. The van der Waals surface area contributed by atoms with E-state index in [0.29, 0.717) is 22.7 Å². The summed E-state index contributed by atoms with van der Waals surface area (Å²) >= 11 is 0. The summed E-state index contributed by atoms with van der Waals surface area (Å²) in [7, 11) is 0. The summed E-state index contributed by atoms with van der Waals surface area (Å²) in [5.41, 5.74) is 17.0. The molecule has 0 aliphatic rings. The second-order valence-electron chi connectivity index (χ2n) is 6.82. The lowest BCUT2D eigenvalue weighted by atomic mass is 10.3. The van der Waals surface area contributed by atoms with Crippen LogP contribution in [0.25, 0.3) is 0 Å². The number of hydrogen-bond acceptors (Lipinski definition) is 8. The molecule has 0 spiro atoms. The van der Waals surface area contributed by atoms with Gasteiger partial charge in [-0.15, -0.1) is 0 Å². The lowest BCUT2D eigenvalue weighted by molar-refractivity contribution is 1.20. The average molecular weight is 420 g/mol. The standard InChI is InChI=1S/C24H20N8/c25-17-1-5-19(6-2-17)27-29-21-9-13-23(14-10-21)31-32-24-15-11-22(12-16-24)30-28-20-7-3-18(26)4-8-20/h1-16H,25-26H2. The first-order chi connectivity index (χ1) is 15.6. The number of nitrogen functional groups attached to an aromatic ring is 2. The van der Waals surface area contributed by atoms with Crippen LogP contribution in [0.15, 0.2) is 128 Å². The third-order valence-corrected chi connectivity index (χ3v) is 4.33. The topological polar surface area (TPSA) is 126 Å². The lowest BCUT2D eigenvalue weighted by Crippen LogP contribution is -1.80. The molecule has 0 bridgehead atoms. The predicted octanol–water partition coefficient (Wildman–Crippen LogP) is 8.10. The Hall–Kier alpha value is -4.72. The van der Waals surface area contributed by atoms with Crippen LogP contribution in [0, 0.1) is 0 Å². The minimum absolute atomic E-state index is 0.691. The van der Waals surface area contributed by atoms with Crippen LogP contribution in [0.5, 0.6) is 0 Å². The molecule has 0 fully saturated rings. The van der Waals surface area contributed by atoms with Gasteiger partial charge in [0.05, 0.1) is 34.1 Å². The van der Waals surface area contributed by atoms with Crippen LogP contribution in [0.3, 0.4) is 0 Å². The third-order valence-electron chi connectivity index (χ3n) is 4.33. The molecule has 8 heteroatoms. The van der Waals surface area contributed by atoms with Crippen molar-refractivity contribution in [2.75, 3.05) is 11.5 Å². The van der Waals surface area contributed by atoms with Crippen LogP contribution in [-0.2, 0) is 0 Å². The van der Waals surface area contributed by atoms with Crippen molar-refractivity contribution in [2.45, 2.75) is 0 Å². The molecule has 0 aliphatic heterocycles. The summed E-state index contributed by atoms with van der Waals surface area (Å²) in [5, 5.41) is 25.3. The van der Waals surface area contributed by atoms with E-state index in [9.17, 15) is 0 Å². The van der Waals surface area contributed by atoms with E-state index in [1.807, 2.05) is 72.8 Å². The summed E-state index contributed by atoms with van der Waals surface area (Å²) in [6.07, 6.45) is 0. The highest BCUT2D eigenvalue weighted by molar-refractivity contribution is 5.52. The Balaban J connectivity index is 1.35. The zero-order valence-corrected chi connectivity index (χ0v) is 17.1. The summed E-state index contributed by atoms with van der Waals surface area (Å²) in [4.78, 5) is 0. The molecule has 0 saturated carbocycles. The maximum absolute atomic E-state index is 5.66. The van der Waals surface area contributed by atoms with Gasteiger partial charge in [-0.25, -0.2) is 0 Å². The Labute approximate surface area is 185 Å². The summed E-state index contributed by atoms with van der Waals surface area (Å²) in [6.45, 7) is 0. The zero-order valence-electron chi connectivity index (χ0n) is 17.1. The van der Waals surface area contributed by atoms with Crippen molar-refractivity contribution in [3.8, 4) is 0 Å². The second-order valence-corrected chi connectivity index (χ2v) is 6.82. The van der Waals surface area contributed by atoms with Gasteiger partial charge in [0.1, 0.15) is 0 Å². The Bertz CT molecular complexity index is 1140. The minimum atomic E-state index is 0.691. The van der Waals surface area contributed by atoms with E-state index >= 15 is 0 Å². The van der Waals surface area contributed by atoms with E-state index in [-0.39, 0.29) is 0 Å². The van der Waals surface area contributed by atoms with Gasteiger partial charge in [0.15, 0.2) is 0 Å². The first-order valence-corrected chi connectivity index (χ1v) is 9.80. The van der Waals surface area contributed by atoms with E-state index in [4.69, 9.17) is 11.5 Å². The summed E-state index contributed by atoms with van der Waals surface area (Å²) in [6, 6.07) is 29.0. The molecule has 0 atom stereocenters. The SMILES string of the molecule is Nc1ccc(N=Nc2ccc(N=Nc3ccc(N=Nc4ccc(N)cc4)cc3)cc2)cc1. The first-order valence-electron chi connectivity index (χ1n) is 9.80. The second kappa shape index (κ2) is 9.86. The van der Waals surface area contributed by atoms with Crippen LogP contribution in [0.2, 0.25) is 0 Å². The molecule has 4 aromatic carbocycles. The largest absolute Gasteiger partial charge is 0.399 e. The number of anilines is 2. The number of hydrogen-bond donors (Lipinski definition) is 2. The Morgan fingerprint density at radius 1 is 0.281 bits per heavy atom. The molecular formula is C24H20N8. The highest BCUT2D eigenvalue weighted by Crippen LogP contribution is 2.25. The normalized spacial score (nSPS) is 11.6. The van der Waals surface area contributed by atoms with Gasteiger partial charge in [-0.05, 0) is 97.1 Å². The smallest absolute Gasteiger partial charge is 0.0858 e. The summed E-state index contributed by atoms with van der Waals surface area (Å²) in [5.74, 6) is 0. The number of nitrogens with two attached hydrogens (primary N) is 2. The molecule has 0 heterocycles. The Morgan fingerprint density at radius 2 is 0.438 bits per heavy atom. The molecule has 0 amide bonds. The van der Waals surface area contributed by atoms with Crippen molar-refractivity contribution in [3.63, 3.8) is 0 Å². The molecule has 0 aliphatic carbocycles. The molecule has 4 aromatic rings. The van der Waals surface area contributed by atoms with E-state index in [1.54, 1.807) is 24.3 Å². The van der Waals surface area contributed by atoms with Crippen molar-refractivity contribution < 1.29 is 0 Å². The fourth-order valence-corrected chi connectivity index (χ4v) is 2.60. The van der Waals surface area contributed by atoms with E-state index in [1.165, 1.54) is 0 Å². The molecule has 8 nitrogen and oxygen atoms in total. The maximum Gasteiger partial charge on any atom is 0.0858 e. The molecule has 4 N–H and O–H groups in total. The number of rotatable bonds is 6. The van der Waals surface area contributed by atoms with Crippen molar-refractivity contribution in [3.05, 3.63) is 97.1 Å². The molecule has 0 saturated heterocycles. The van der Waals surface area contributed by atoms with E-state index < -0.39 is 0 Å². The van der Waals surface area contributed by atoms with Crippen LogP contribution < -0.4 is 11.5 Å². The zero-order chi connectivity index (χ0) is 22.2. The first kappa shape index (κ1) is 20.5. The highest BCUT2D eigenvalue weighted by Gasteiger charge is 1.96. The van der Waals surface area contributed by atoms with Gasteiger partial charge in [-0.1, -0.05) is 0 Å². The molecule has 0 unspecified atom stereocenters. The van der Waals surface area contributed by atoms with Crippen LogP contribution in [-0.4, -0.2) is 0 Å². The molecule has 0 aromatic heterocycles. The number of azo groups is 3. The molecule has 4 rings (SSSR count). The van der Waals surface area contributed by atoms with Gasteiger partial charge >= 0.3 is 0 Å². The van der Waals surface area contributed by atoms with Crippen molar-refractivity contribution in [2.24, 2.45) is 30.7 Å². The van der Waals surface area contributed by atoms with Crippen LogP contribution >= 0.6 is 0 Å². The van der Waals surface area contributed by atoms with Crippen molar-refractivity contribution >= 4 is 45.5 Å². The molecule has 156 valence electrons. The minimum Gasteiger partial charge on any atom is -0.399 e. The molecular weight excluding hydrogens is 400 g/mol. The Morgan fingerprint density at radius 3 is 0.625 bits per heavy atom. The highest BCUT2D eigenvalue weighted by atomic mass is 15.1. The fraction of sp³-hybridized carbons (Fsp3) is 0. The average Bonchev–Trinajstić information content (AvgIpc) is 2.83. The fourth-order valence-electron chi connectivity index (χ4n) is 2.60. The number of benzene rings is 4. The van der Waals surface area contributed by atoms with Gasteiger partial charge in [0.2, 0.25) is 0 Å². The van der Waals surface area contributed by atoms with Crippen LogP contribution in [0.1, 0.15) is 0 Å². The molecule has 32 heavy (non-hydrogen) atoms. The van der Waals surface area contributed by atoms with Crippen molar-refractivity contribution in [1.82, 2.24) is 0 Å². The van der Waals surface area contributed by atoms with E-state index in [0.717, 1.165) is 22.7 Å². The summed E-state index contributed by atoms with van der Waals surface area (Å²) < 4.78 is 0.